The van der Waals surface area contributed by atoms with Crippen LogP contribution in [-0.4, -0.2) is 30.0 Å². The van der Waals surface area contributed by atoms with Gasteiger partial charge in [-0.25, -0.2) is 0 Å². The standard InChI is InChI=1S/C16H22N2OS/c19-16(17-7-8-20-11-12-5-6-12)15-9-13-3-1-2-4-14(13)10-18-15/h1-4,12,15,18H,5-11H2,(H,17,19). The minimum absolute atomic E-state index is 0.0710. The van der Waals surface area contributed by atoms with E-state index in [2.05, 4.69) is 28.8 Å². The quantitative estimate of drug-likeness (QED) is 0.787. The van der Waals surface area contributed by atoms with Crippen LogP contribution in [0.2, 0.25) is 0 Å². The SMILES string of the molecule is O=C(NCCSCC1CC1)C1Cc2ccccc2CN1. The number of hydrogen-bond donors (Lipinski definition) is 2. The van der Waals surface area contributed by atoms with Gasteiger partial charge >= 0.3 is 0 Å². The molecule has 1 atom stereocenters. The van der Waals surface area contributed by atoms with Gasteiger partial charge in [-0.15, -0.1) is 0 Å². The molecule has 3 rings (SSSR count). The molecule has 2 N–H and O–H groups in total. The zero-order valence-corrected chi connectivity index (χ0v) is 12.5. The predicted molar refractivity (Wildman–Crippen MR) is 83.8 cm³/mol. The van der Waals surface area contributed by atoms with Gasteiger partial charge in [0.25, 0.3) is 0 Å². The molecule has 0 spiro atoms. The van der Waals surface area contributed by atoms with Crippen molar-refractivity contribution in [3.63, 3.8) is 0 Å². The fraction of sp³-hybridized carbons (Fsp3) is 0.562. The van der Waals surface area contributed by atoms with E-state index in [9.17, 15) is 4.79 Å². The Balaban J connectivity index is 1.39. The summed E-state index contributed by atoms with van der Waals surface area (Å²) in [5, 5.41) is 6.38. The molecule has 1 unspecified atom stereocenters. The van der Waals surface area contributed by atoms with Crippen LogP contribution >= 0.6 is 11.8 Å². The van der Waals surface area contributed by atoms with Crippen molar-refractivity contribution in [2.24, 2.45) is 5.92 Å². The molecule has 20 heavy (non-hydrogen) atoms. The molecule has 0 bridgehead atoms. The van der Waals surface area contributed by atoms with Crippen LogP contribution in [0.25, 0.3) is 0 Å². The van der Waals surface area contributed by atoms with Gasteiger partial charge in [0.1, 0.15) is 0 Å². The molecule has 1 aliphatic heterocycles. The Labute approximate surface area is 124 Å². The second-order valence-corrected chi connectivity index (χ2v) is 6.87. The minimum Gasteiger partial charge on any atom is -0.354 e. The van der Waals surface area contributed by atoms with E-state index in [1.807, 2.05) is 17.8 Å². The molecule has 2 aliphatic rings. The molecule has 1 amide bonds. The third-order valence-corrected chi connectivity index (χ3v) is 5.19. The third-order valence-electron chi connectivity index (χ3n) is 3.99. The first-order valence-electron chi connectivity index (χ1n) is 7.48. The van der Waals surface area contributed by atoms with Crippen molar-refractivity contribution < 1.29 is 4.79 Å². The molecule has 1 aromatic carbocycles. The Bertz CT molecular complexity index is 473. The Hall–Kier alpha value is -1.00. The molecule has 1 heterocycles. The number of benzene rings is 1. The fourth-order valence-corrected chi connectivity index (χ4v) is 3.62. The van der Waals surface area contributed by atoms with Gasteiger partial charge < -0.3 is 10.6 Å². The summed E-state index contributed by atoms with van der Waals surface area (Å²) in [6.07, 6.45) is 3.62. The lowest BCUT2D eigenvalue weighted by molar-refractivity contribution is -0.123. The van der Waals surface area contributed by atoms with Gasteiger partial charge in [0.2, 0.25) is 5.91 Å². The minimum atomic E-state index is -0.0710. The van der Waals surface area contributed by atoms with E-state index < -0.39 is 0 Å². The molecule has 1 saturated carbocycles. The van der Waals surface area contributed by atoms with E-state index in [-0.39, 0.29) is 11.9 Å². The van der Waals surface area contributed by atoms with Crippen LogP contribution in [0.3, 0.4) is 0 Å². The van der Waals surface area contributed by atoms with Gasteiger partial charge in [-0.3, -0.25) is 4.79 Å². The molecule has 0 radical (unpaired) electrons. The van der Waals surface area contributed by atoms with E-state index >= 15 is 0 Å². The lowest BCUT2D eigenvalue weighted by Gasteiger charge is -2.25. The van der Waals surface area contributed by atoms with Gasteiger partial charge in [0.05, 0.1) is 6.04 Å². The summed E-state index contributed by atoms with van der Waals surface area (Å²) in [7, 11) is 0. The number of fused-ring (bicyclic) bond motifs is 1. The average Bonchev–Trinajstić information content (AvgIpc) is 3.30. The molecule has 0 aromatic heterocycles. The van der Waals surface area contributed by atoms with Crippen molar-refractivity contribution in [3.05, 3.63) is 35.4 Å². The van der Waals surface area contributed by atoms with E-state index in [4.69, 9.17) is 0 Å². The van der Waals surface area contributed by atoms with E-state index in [1.165, 1.54) is 29.7 Å². The summed E-state index contributed by atoms with van der Waals surface area (Å²) < 4.78 is 0. The van der Waals surface area contributed by atoms with Gasteiger partial charge in [-0.05, 0) is 42.1 Å². The molecule has 1 aromatic rings. The Morgan fingerprint density at radius 1 is 1.30 bits per heavy atom. The number of nitrogens with one attached hydrogen (secondary N) is 2. The van der Waals surface area contributed by atoms with Crippen molar-refractivity contribution in [3.8, 4) is 0 Å². The van der Waals surface area contributed by atoms with Crippen molar-refractivity contribution in [1.29, 1.82) is 0 Å². The summed E-state index contributed by atoms with van der Waals surface area (Å²) in [5.41, 5.74) is 2.62. The lowest BCUT2D eigenvalue weighted by Crippen LogP contribution is -2.48. The number of carbonyl (C=O) groups is 1. The second kappa shape index (κ2) is 6.64. The summed E-state index contributed by atoms with van der Waals surface area (Å²) in [5.74, 6) is 3.41. The number of thioether (sulfide) groups is 1. The predicted octanol–water partition coefficient (Wildman–Crippen LogP) is 1.96. The van der Waals surface area contributed by atoms with Crippen LogP contribution in [-0.2, 0) is 17.8 Å². The average molecular weight is 290 g/mol. The van der Waals surface area contributed by atoms with E-state index in [1.54, 1.807) is 0 Å². The molecule has 3 nitrogen and oxygen atoms in total. The lowest BCUT2D eigenvalue weighted by atomic mass is 9.95. The summed E-state index contributed by atoms with van der Waals surface area (Å²) in [6, 6.07) is 8.29. The van der Waals surface area contributed by atoms with E-state index in [0.29, 0.717) is 0 Å². The summed E-state index contributed by atoms with van der Waals surface area (Å²) >= 11 is 1.97. The van der Waals surface area contributed by atoms with Gasteiger partial charge in [0.15, 0.2) is 0 Å². The highest BCUT2D eigenvalue weighted by Crippen LogP contribution is 2.32. The summed E-state index contributed by atoms with van der Waals surface area (Å²) in [6.45, 7) is 1.58. The molecule has 1 aliphatic carbocycles. The zero-order chi connectivity index (χ0) is 13.8. The van der Waals surface area contributed by atoms with Crippen molar-refractivity contribution in [1.82, 2.24) is 10.6 Å². The Morgan fingerprint density at radius 2 is 2.10 bits per heavy atom. The molecule has 108 valence electrons. The van der Waals surface area contributed by atoms with Gasteiger partial charge in [-0.1, -0.05) is 24.3 Å². The van der Waals surface area contributed by atoms with Crippen LogP contribution in [0.1, 0.15) is 24.0 Å². The van der Waals surface area contributed by atoms with E-state index in [0.717, 1.165) is 31.2 Å². The molecule has 0 saturated heterocycles. The normalized spacial score (nSPS) is 21.3. The molecular weight excluding hydrogens is 268 g/mol. The first-order chi connectivity index (χ1) is 9.83. The van der Waals surface area contributed by atoms with Crippen molar-refractivity contribution >= 4 is 17.7 Å². The maximum atomic E-state index is 12.1. The maximum absolute atomic E-state index is 12.1. The Morgan fingerprint density at radius 3 is 2.90 bits per heavy atom. The molecule has 1 fully saturated rings. The molecule has 4 heteroatoms. The summed E-state index contributed by atoms with van der Waals surface area (Å²) in [4.78, 5) is 12.1. The van der Waals surface area contributed by atoms with Crippen LogP contribution in [0, 0.1) is 5.92 Å². The first-order valence-corrected chi connectivity index (χ1v) is 8.64. The second-order valence-electron chi connectivity index (χ2n) is 5.72. The topological polar surface area (TPSA) is 41.1 Å². The van der Waals surface area contributed by atoms with Crippen LogP contribution in [0.15, 0.2) is 24.3 Å². The van der Waals surface area contributed by atoms with Crippen molar-refractivity contribution in [2.45, 2.75) is 31.8 Å². The third kappa shape index (κ3) is 3.76. The maximum Gasteiger partial charge on any atom is 0.237 e. The van der Waals surface area contributed by atoms with Crippen LogP contribution in [0.5, 0.6) is 0 Å². The fourth-order valence-electron chi connectivity index (χ4n) is 2.54. The van der Waals surface area contributed by atoms with Crippen molar-refractivity contribution in [2.75, 3.05) is 18.1 Å². The van der Waals surface area contributed by atoms with Gasteiger partial charge in [-0.2, -0.15) is 11.8 Å². The number of carbonyl (C=O) groups excluding carboxylic acids is 1. The number of rotatable bonds is 6. The van der Waals surface area contributed by atoms with Crippen LogP contribution in [0.4, 0.5) is 0 Å². The highest BCUT2D eigenvalue weighted by atomic mass is 32.2. The van der Waals surface area contributed by atoms with Crippen LogP contribution < -0.4 is 10.6 Å². The highest BCUT2D eigenvalue weighted by molar-refractivity contribution is 7.99. The van der Waals surface area contributed by atoms with Gasteiger partial charge in [0, 0.05) is 18.8 Å². The number of hydrogen-bond acceptors (Lipinski definition) is 3. The largest absolute Gasteiger partial charge is 0.354 e. The smallest absolute Gasteiger partial charge is 0.237 e. The molecular formula is C16H22N2OS. The number of amides is 1. The Kier molecular flexibility index (Phi) is 4.63. The first kappa shape index (κ1) is 14.0. The zero-order valence-electron chi connectivity index (χ0n) is 11.7. The monoisotopic (exact) mass is 290 g/mol. The highest BCUT2D eigenvalue weighted by Gasteiger charge is 2.23.